The number of ether oxygens (including phenoxy) is 1. The van der Waals surface area contributed by atoms with E-state index < -0.39 is 0 Å². The van der Waals surface area contributed by atoms with Crippen molar-refractivity contribution >= 4 is 58.7 Å². The zero-order chi connectivity index (χ0) is 7.11. The predicted molar refractivity (Wildman–Crippen MR) is 51.5 cm³/mol. The fraction of sp³-hybridized carbons (Fsp3) is 0.400. The second kappa shape index (κ2) is 9.78. The van der Waals surface area contributed by atoms with Crippen molar-refractivity contribution in [1.82, 2.24) is 5.32 Å². The van der Waals surface area contributed by atoms with Crippen LogP contribution in [0.2, 0.25) is 0 Å². The van der Waals surface area contributed by atoms with Gasteiger partial charge in [-0.15, -0.1) is 12.6 Å². The van der Waals surface area contributed by atoms with Gasteiger partial charge in [-0.3, -0.25) is 0 Å². The van der Waals surface area contributed by atoms with Crippen LogP contribution in [0.1, 0.15) is 0 Å². The molecule has 0 aliphatic carbocycles. The summed E-state index contributed by atoms with van der Waals surface area (Å²) in [6.07, 6.45) is 1.39. The third-order valence-electron chi connectivity index (χ3n) is 0.614. The van der Waals surface area contributed by atoms with Crippen molar-refractivity contribution in [1.29, 1.82) is 0 Å². The normalized spacial score (nSPS) is 7.30. The number of hydrogen-bond acceptors (Lipinski definition) is 2. The topological polar surface area (TPSA) is 21.3 Å². The molecule has 1 N–H and O–H groups in total. The quantitative estimate of drug-likeness (QED) is 0.220. The Hall–Kier alpha value is 0.780. The van der Waals surface area contributed by atoms with Gasteiger partial charge in [0.15, 0.2) is 0 Å². The average molecular weight is 186 g/mol. The van der Waals surface area contributed by atoms with Gasteiger partial charge in [-0.05, 0) is 0 Å². The molecular formula is C5H9NNaOS2. The van der Waals surface area contributed by atoms with Crippen LogP contribution < -0.4 is 5.32 Å². The van der Waals surface area contributed by atoms with E-state index in [1.807, 2.05) is 0 Å². The Morgan fingerprint density at radius 1 is 1.80 bits per heavy atom. The third-order valence-corrected chi connectivity index (χ3v) is 0.916. The van der Waals surface area contributed by atoms with Gasteiger partial charge in [0.25, 0.3) is 0 Å². The van der Waals surface area contributed by atoms with E-state index in [2.05, 4.69) is 36.7 Å². The molecule has 0 saturated heterocycles. The minimum Gasteiger partial charge on any atom is -0.500 e. The molecule has 0 aromatic heterocycles. The van der Waals surface area contributed by atoms with Gasteiger partial charge in [0, 0.05) is 29.6 Å². The maximum absolute atomic E-state index is 4.79. The Kier molecular flexibility index (Phi) is 13.1. The minimum absolute atomic E-state index is 0. The first kappa shape index (κ1) is 13.4. The van der Waals surface area contributed by atoms with Crippen LogP contribution in [0.5, 0.6) is 0 Å². The number of thiol groups is 1. The predicted octanol–water partition coefficient (Wildman–Crippen LogP) is 0.570. The van der Waals surface area contributed by atoms with Gasteiger partial charge in [0.1, 0.15) is 10.9 Å². The van der Waals surface area contributed by atoms with Crippen LogP contribution in [-0.2, 0) is 4.74 Å². The van der Waals surface area contributed by atoms with E-state index in [-0.39, 0.29) is 29.6 Å². The van der Waals surface area contributed by atoms with Crippen LogP contribution in [0.3, 0.4) is 0 Å². The first-order chi connectivity index (χ1) is 4.27. The van der Waals surface area contributed by atoms with Crippen LogP contribution in [0.15, 0.2) is 12.8 Å². The van der Waals surface area contributed by atoms with Crippen molar-refractivity contribution < 1.29 is 4.74 Å². The van der Waals surface area contributed by atoms with E-state index in [1.54, 1.807) is 0 Å². The van der Waals surface area contributed by atoms with E-state index >= 15 is 0 Å². The number of thiocarbonyl (C=S) groups is 1. The molecule has 53 valence electrons. The van der Waals surface area contributed by atoms with Crippen molar-refractivity contribution in [2.24, 2.45) is 0 Å². The Morgan fingerprint density at radius 3 is 2.80 bits per heavy atom. The van der Waals surface area contributed by atoms with Gasteiger partial charge in [-0.25, -0.2) is 0 Å². The largest absolute Gasteiger partial charge is 0.500 e. The van der Waals surface area contributed by atoms with Crippen molar-refractivity contribution in [2.45, 2.75) is 0 Å². The molecular weight excluding hydrogens is 177 g/mol. The molecule has 0 atom stereocenters. The summed E-state index contributed by atoms with van der Waals surface area (Å²) in [6, 6.07) is 0. The zero-order valence-corrected chi connectivity index (χ0v) is 9.67. The summed E-state index contributed by atoms with van der Waals surface area (Å²) in [6.45, 7) is 4.62. The molecule has 0 aromatic carbocycles. The molecule has 0 aliphatic heterocycles. The molecule has 0 fully saturated rings. The zero-order valence-electron chi connectivity index (χ0n) is 5.96. The van der Waals surface area contributed by atoms with Gasteiger partial charge < -0.3 is 10.1 Å². The molecule has 0 saturated carbocycles. The average Bonchev–Trinajstić information content (AvgIpc) is 1.80. The molecule has 0 amide bonds. The molecule has 0 unspecified atom stereocenters. The minimum atomic E-state index is 0. The van der Waals surface area contributed by atoms with E-state index in [1.165, 1.54) is 6.26 Å². The molecule has 0 aliphatic rings. The summed E-state index contributed by atoms with van der Waals surface area (Å²) in [5.74, 6) is 0. The Bertz CT molecular complexity index is 110. The Labute approximate surface area is 94.1 Å². The van der Waals surface area contributed by atoms with E-state index in [0.717, 1.165) is 0 Å². The van der Waals surface area contributed by atoms with Crippen LogP contribution in [0.25, 0.3) is 0 Å². The summed E-state index contributed by atoms with van der Waals surface area (Å²) in [5.41, 5.74) is 0. The van der Waals surface area contributed by atoms with Crippen molar-refractivity contribution in [3.8, 4) is 0 Å². The first-order valence-electron chi connectivity index (χ1n) is 2.46. The maximum Gasteiger partial charge on any atom is 0.130 e. The Balaban J connectivity index is 0. The second-order valence-corrected chi connectivity index (χ2v) is 2.43. The van der Waals surface area contributed by atoms with E-state index in [9.17, 15) is 0 Å². The smallest absolute Gasteiger partial charge is 0.130 e. The summed E-state index contributed by atoms with van der Waals surface area (Å²) in [4.78, 5) is 0. The maximum atomic E-state index is 4.79. The van der Waals surface area contributed by atoms with Crippen LogP contribution in [0, 0.1) is 0 Å². The van der Waals surface area contributed by atoms with Gasteiger partial charge >= 0.3 is 0 Å². The van der Waals surface area contributed by atoms with Gasteiger partial charge in [-0.2, -0.15) is 0 Å². The summed E-state index contributed by atoms with van der Waals surface area (Å²) in [5, 5.41) is 2.80. The van der Waals surface area contributed by atoms with E-state index in [0.29, 0.717) is 17.5 Å². The van der Waals surface area contributed by atoms with Gasteiger partial charge in [0.2, 0.25) is 0 Å². The van der Waals surface area contributed by atoms with Crippen molar-refractivity contribution in [2.75, 3.05) is 13.2 Å². The molecule has 0 rings (SSSR count). The van der Waals surface area contributed by atoms with Crippen LogP contribution >= 0.6 is 24.8 Å². The van der Waals surface area contributed by atoms with Crippen molar-refractivity contribution in [3.05, 3.63) is 12.8 Å². The molecule has 10 heavy (non-hydrogen) atoms. The molecule has 0 bridgehead atoms. The summed E-state index contributed by atoms with van der Waals surface area (Å²) >= 11 is 8.46. The Morgan fingerprint density at radius 2 is 2.40 bits per heavy atom. The van der Waals surface area contributed by atoms with Gasteiger partial charge in [0.05, 0.1) is 12.8 Å². The molecule has 5 heteroatoms. The monoisotopic (exact) mass is 186 g/mol. The van der Waals surface area contributed by atoms with Gasteiger partial charge in [-0.1, -0.05) is 18.8 Å². The second-order valence-electron chi connectivity index (χ2n) is 1.27. The third kappa shape index (κ3) is 11.6. The van der Waals surface area contributed by atoms with Crippen LogP contribution in [-0.4, -0.2) is 47.0 Å². The fourth-order valence-electron chi connectivity index (χ4n) is 0.300. The summed E-state index contributed by atoms with van der Waals surface area (Å²) in [7, 11) is 0. The molecule has 0 heterocycles. The number of nitrogens with one attached hydrogen (secondary N) is 1. The first-order valence-corrected chi connectivity index (χ1v) is 3.32. The number of hydrogen-bond donors (Lipinski definition) is 2. The standard InChI is InChI=1S/C5H9NOS2.Na/c1-2-7-4-3-6-5(8)9;/h2H,1,3-4H2,(H2,6,8,9);. The van der Waals surface area contributed by atoms with Crippen molar-refractivity contribution in [3.63, 3.8) is 0 Å². The van der Waals surface area contributed by atoms with E-state index in [4.69, 9.17) is 4.74 Å². The molecule has 0 aromatic rings. The van der Waals surface area contributed by atoms with Crippen LogP contribution in [0.4, 0.5) is 0 Å². The number of rotatable bonds is 4. The molecule has 1 radical (unpaired) electrons. The SMILES string of the molecule is C=COCCNC(=S)S.[Na]. The summed E-state index contributed by atoms with van der Waals surface area (Å²) < 4.78 is 5.28. The molecule has 2 nitrogen and oxygen atoms in total. The fourth-order valence-corrected chi connectivity index (χ4v) is 0.514. The molecule has 0 spiro atoms.